The predicted octanol–water partition coefficient (Wildman–Crippen LogP) is 4.17. The minimum absolute atomic E-state index is 0.0134. The van der Waals surface area contributed by atoms with Crippen LogP contribution in [-0.2, 0) is 11.0 Å². The van der Waals surface area contributed by atoms with Crippen LogP contribution in [0.2, 0.25) is 0 Å². The molecule has 3 aromatic rings. The van der Waals surface area contributed by atoms with Gasteiger partial charge in [-0.25, -0.2) is 0 Å². The van der Waals surface area contributed by atoms with Gasteiger partial charge in [0.05, 0.1) is 11.3 Å². The number of amides is 1. The maximum atomic E-state index is 12.7. The number of rotatable bonds is 3. The first-order valence-electron chi connectivity index (χ1n) is 8.45. The Hall–Kier alpha value is -3.36. The summed E-state index contributed by atoms with van der Waals surface area (Å²) >= 11 is 0. The summed E-state index contributed by atoms with van der Waals surface area (Å²) in [5.74, 6) is 0.787. The summed E-state index contributed by atoms with van der Waals surface area (Å²) in [6.45, 7) is 2.33. The number of fused-ring (bicyclic) bond motifs is 1. The van der Waals surface area contributed by atoms with Gasteiger partial charge in [0.15, 0.2) is 6.61 Å². The number of carbonyl (C=O) groups is 1. The lowest BCUT2D eigenvalue weighted by molar-refractivity contribution is -0.137. The third-order valence-corrected chi connectivity index (χ3v) is 4.36. The molecule has 0 unspecified atom stereocenters. The number of likely N-dealkylation sites (N-methyl/N-ethyl adjacent to an activating group) is 1. The van der Waals surface area contributed by atoms with Gasteiger partial charge < -0.3 is 14.2 Å². The van der Waals surface area contributed by atoms with E-state index in [-0.39, 0.29) is 24.2 Å². The van der Waals surface area contributed by atoms with Crippen LogP contribution in [0.1, 0.15) is 12.5 Å². The summed E-state index contributed by atoms with van der Waals surface area (Å²) in [7, 11) is 0. The van der Waals surface area contributed by atoms with Crippen LogP contribution in [0, 0.1) is 0 Å². The molecule has 0 radical (unpaired) electrons. The summed E-state index contributed by atoms with van der Waals surface area (Å²) in [5, 5.41) is 3.90. The lowest BCUT2D eigenvalue weighted by atomic mass is 10.1. The minimum Gasteiger partial charge on any atom is -0.482 e. The van der Waals surface area contributed by atoms with Crippen molar-refractivity contribution in [2.45, 2.75) is 13.1 Å². The molecular weight excluding hydrogens is 375 g/mol. The van der Waals surface area contributed by atoms with Gasteiger partial charge in [0, 0.05) is 17.7 Å². The van der Waals surface area contributed by atoms with Gasteiger partial charge in [-0.05, 0) is 49.4 Å². The van der Waals surface area contributed by atoms with Crippen molar-refractivity contribution >= 4 is 11.6 Å². The molecule has 1 aliphatic rings. The first-order valence-corrected chi connectivity index (χ1v) is 8.45. The molecule has 1 aliphatic heterocycles. The van der Waals surface area contributed by atoms with Gasteiger partial charge in [0.2, 0.25) is 5.82 Å². The van der Waals surface area contributed by atoms with Crippen LogP contribution in [0.5, 0.6) is 5.75 Å². The largest absolute Gasteiger partial charge is 0.482 e. The molecule has 2 heterocycles. The van der Waals surface area contributed by atoms with Gasteiger partial charge in [-0.3, -0.25) is 4.79 Å². The highest BCUT2D eigenvalue weighted by Crippen LogP contribution is 2.36. The normalized spacial score (nSPS) is 14.0. The van der Waals surface area contributed by atoms with Crippen LogP contribution in [0.4, 0.5) is 18.9 Å². The Balaban J connectivity index is 1.65. The molecule has 0 atom stereocenters. The summed E-state index contributed by atoms with van der Waals surface area (Å²) in [6, 6.07) is 9.63. The van der Waals surface area contributed by atoms with Gasteiger partial charge in [-0.2, -0.15) is 18.2 Å². The van der Waals surface area contributed by atoms with E-state index in [9.17, 15) is 18.0 Å². The van der Waals surface area contributed by atoms with Crippen molar-refractivity contribution in [2.24, 2.45) is 0 Å². The standard InChI is InChI=1S/C19H14F3N3O3/c1-2-25-14-9-12(5-8-15(14)27-10-16(25)26)17-23-18(28-24-17)11-3-6-13(7-4-11)19(20,21)22/h3-9H,2,10H2,1H3. The highest BCUT2D eigenvalue weighted by atomic mass is 19.4. The lowest BCUT2D eigenvalue weighted by Crippen LogP contribution is -2.38. The Morgan fingerprint density at radius 3 is 2.50 bits per heavy atom. The molecule has 6 nitrogen and oxygen atoms in total. The topological polar surface area (TPSA) is 68.5 Å². The molecule has 0 fully saturated rings. The fourth-order valence-corrected chi connectivity index (χ4v) is 2.95. The van der Waals surface area contributed by atoms with Crippen molar-refractivity contribution in [1.29, 1.82) is 0 Å². The van der Waals surface area contributed by atoms with Crippen molar-refractivity contribution in [3.05, 3.63) is 48.0 Å². The molecule has 0 N–H and O–H groups in total. The number of hydrogen-bond acceptors (Lipinski definition) is 5. The number of benzene rings is 2. The fraction of sp³-hybridized carbons (Fsp3) is 0.211. The molecule has 0 aliphatic carbocycles. The molecule has 1 aromatic heterocycles. The van der Waals surface area contributed by atoms with E-state index in [1.54, 1.807) is 23.1 Å². The Bertz CT molecular complexity index is 1030. The zero-order valence-corrected chi connectivity index (χ0v) is 14.7. The van der Waals surface area contributed by atoms with Gasteiger partial charge >= 0.3 is 6.18 Å². The van der Waals surface area contributed by atoms with Crippen molar-refractivity contribution in [1.82, 2.24) is 10.1 Å². The van der Waals surface area contributed by atoms with Crippen LogP contribution >= 0.6 is 0 Å². The SMILES string of the molecule is CCN1C(=O)COc2ccc(-c3noc(-c4ccc(C(F)(F)F)cc4)n3)cc21. The third-order valence-electron chi connectivity index (χ3n) is 4.36. The lowest BCUT2D eigenvalue weighted by Gasteiger charge is -2.28. The fourth-order valence-electron chi connectivity index (χ4n) is 2.95. The van der Waals surface area contributed by atoms with E-state index >= 15 is 0 Å². The summed E-state index contributed by atoms with van der Waals surface area (Å²) < 4.78 is 48.7. The van der Waals surface area contributed by atoms with E-state index in [1.807, 2.05) is 6.92 Å². The van der Waals surface area contributed by atoms with E-state index in [0.717, 1.165) is 12.1 Å². The number of anilines is 1. The van der Waals surface area contributed by atoms with Crippen molar-refractivity contribution < 1.29 is 27.2 Å². The van der Waals surface area contributed by atoms with Gasteiger partial charge in [-0.1, -0.05) is 5.16 Å². The van der Waals surface area contributed by atoms with Crippen molar-refractivity contribution in [3.63, 3.8) is 0 Å². The van der Waals surface area contributed by atoms with E-state index < -0.39 is 11.7 Å². The average molecular weight is 389 g/mol. The molecular formula is C19H14F3N3O3. The van der Waals surface area contributed by atoms with Crippen LogP contribution in [0.15, 0.2) is 47.0 Å². The van der Waals surface area contributed by atoms with Crippen molar-refractivity contribution in [3.8, 4) is 28.6 Å². The average Bonchev–Trinajstić information content (AvgIpc) is 3.17. The van der Waals surface area contributed by atoms with E-state index in [1.165, 1.54) is 12.1 Å². The molecule has 2 aromatic carbocycles. The molecule has 0 spiro atoms. The molecule has 1 amide bonds. The van der Waals surface area contributed by atoms with Gasteiger partial charge in [-0.15, -0.1) is 0 Å². The Morgan fingerprint density at radius 1 is 1.11 bits per heavy atom. The number of nitrogens with zero attached hydrogens (tertiary/aromatic N) is 3. The second-order valence-corrected chi connectivity index (χ2v) is 6.11. The van der Waals surface area contributed by atoms with Crippen LogP contribution < -0.4 is 9.64 Å². The minimum atomic E-state index is -4.41. The van der Waals surface area contributed by atoms with Gasteiger partial charge in [0.1, 0.15) is 5.75 Å². The van der Waals surface area contributed by atoms with E-state index in [4.69, 9.17) is 9.26 Å². The first kappa shape index (κ1) is 18.0. The van der Waals surface area contributed by atoms with Crippen molar-refractivity contribution in [2.75, 3.05) is 18.1 Å². The quantitative estimate of drug-likeness (QED) is 0.673. The number of hydrogen-bond donors (Lipinski definition) is 0. The molecule has 0 saturated carbocycles. The molecule has 0 saturated heterocycles. The summed E-state index contributed by atoms with van der Waals surface area (Å²) in [4.78, 5) is 17.8. The Labute approximate surface area is 157 Å². The van der Waals surface area contributed by atoms with E-state index in [0.29, 0.717) is 29.1 Å². The maximum absolute atomic E-state index is 12.7. The van der Waals surface area contributed by atoms with Gasteiger partial charge in [0.25, 0.3) is 11.8 Å². The second kappa shape index (κ2) is 6.66. The number of aromatic nitrogens is 2. The number of alkyl halides is 3. The number of carbonyl (C=O) groups excluding carboxylic acids is 1. The zero-order chi connectivity index (χ0) is 19.9. The highest BCUT2D eigenvalue weighted by Gasteiger charge is 2.30. The summed E-state index contributed by atoms with van der Waals surface area (Å²) in [6.07, 6.45) is -4.41. The second-order valence-electron chi connectivity index (χ2n) is 6.11. The Kier molecular flexibility index (Phi) is 4.29. The highest BCUT2D eigenvalue weighted by molar-refractivity contribution is 5.98. The molecule has 28 heavy (non-hydrogen) atoms. The third kappa shape index (κ3) is 3.19. The Morgan fingerprint density at radius 2 is 1.82 bits per heavy atom. The molecule has 0 bridgehead atoms. The van der Waals surface area contributed by atoms with Crippen LogP contribution in [-0.4, -0.2) is 29.2 Å². The summed E-state index contributed by atoms with van der Waals surface area (Å²) in [5.41, 5.74) is 0.822. The molecule has 9 heteroatoms. The number of ether oxygens (including phenoxy) is 1. The monoisotopic (exact) mass is 389 g/mol. The first-order chi connectivity index (χ1) is 13.4. The van der Waals surface area contributed by atoms with E-state index in [2.05, 4.69) is 10.1 Å². The molecule has 144 valence electrons. The smallest absolute Gasteiger partial charge is 0.416 e. The number of halogens is 3. The zero-order valence-electron chi connectivity index (χ0n) is 14.7. The molecule has 4 rings (SSSR count). The maximum Gasteiger partial charge on any atom is 0.416 e. The predicted molar refractivity (Wildman–Crippen MR) is 93.7 cm³/mol. The van der Waals surface area contributed by atoms with Crippen LogP contribution in [0.25, 0.3) is 22.8 Å². The van der Waals surface area contributed by atoms with Crippen LogP contribution in [0.3, 0.4) is 0 Å².